The summed E-state index contributed by atoms with van der Waals surface area (Å²) < 4.78 is 42.8. The van der Waals surface area contributed by atoms with E-state index in [1.165, 1.54) is 12.1 Å². The van der Waals surface area contributed by atoms with Gasteiger partial charge in [0.15, 0.2) is 9.84 Å². The maximum atomic E-state index is 14.2. The van der Waals surface area contributed by atoms with E-state index < -0.39 is 21.3 Å². The molecule has 2 atom stereocenters. The molecular formula is C25H42FN3O4S. The number of nitrogens with one attached hydrogen (secondary N) is 2. The molecule has 1 amide bonds. The zero-order valence-corrected chi connectivity index (χ0v) is 22.5. The smallest absolute Gasteiger partial charge is 0.410 e. The molecule has 9 heteroatoms. The lowest BCUT2D eigenvalue weighted by Crippen LogP contribution is -2.56. The number of benzene rings is 1. The second kappa shape index (κ2) is 11.4. The van der Waals surface area contributed by atoms with Gasteiger partial charge in [-0.3, -0.25) is 0 Å². The SMILES string of the molecule is CC(C)(C)OC(=O)N1CCC(NCCCNCc2ccc(S(C)(=O)=O)cc2F)CC1C(C)(C)C. The molecule has 1 aromatic rings. The van der Waals surface area contributed by atoms with Crippen LogP contribution in [0.2, 0.25) is 0 Å². The number of likely N-dealkylation sites (tertiary alicyclic amines) is 1. The largest absolute Gasteiger partial charge is 0.444 e. The molecule has 194 valence electrons. The van der Waals surface area contributed by atoms with Gasteiger partial charge in [0.1, 0.15) is 11.4 Å². The Morgan fingerprint density at radius 3 is 2.41 bits per heavy atom. The Labute approximate surface area is 204 Å². The normalized spacial score (nSPS) is 19.8. The first-order valence-corrected chi connectivity index (χ1v) is 13.9. The average molecular weight is 500 g/mol. The van der Waals surface area contributed by atoms with Gasteiger partial charge in [-0.15, -0.1) is 0 Å². The van der Waals surface area contributed by atoms with E-state index in [0.717, 1.165) is 38.1 Å². The second-order valence-corrected chi connectivity index (χ2v) is 13.3. The van der Waals surface area contributed by atoms with Crippen molar-refractivity contribution in [2.75, 3.05) is 25.9 Å². The molecule has 0 aromatic heterocycles. The molecule has 2 N–H and O–H groups in total. The number of sulfone groups is 1. The van der Waals surface area contributed by atoms with E-state index in [4.69, 9.17) is 4.74 Å². The van der Waals surface area contributed by atoms with Crippen molar-refractivity contribution < 1.29 is 22.3 Å². The lowest BCUT2D eigenvalue weighted by molar-refractivity contribution is -0.0116. The summed E-state index contributed by atoms with van der Waals surface area (Å²) in [6.45, 7) is 14.7. The molecule has 34 heavy (non-hydrogen) atoms. The molecule has 1 saturated heterocycles. The van der Waals surface area contributed by atoms with Crippen LogP contribution in [0.1, 0.15) is 66.4 Å². The Balaban J connectivity index is 1.78. The Hall–Kier alpha value is -1.71. The number of hydrogen-bond donors (Lipinski definition) is 2. The van der Waals surface area contributed by atoms with E-state index in [1.807, 2.05) is 25.7 Å². The summed E-state index contributed by atoms with van der Waals surface area (Å²) >= 11 is 0. The van der Waals surface area contributed by atoms with Crippen molar-refractivity contribution in [2.45, 2.75) is 89.9 Å². The number of hydrogen-bond acceptors (Lipinski definition) is 6. The zero-order chi connectivity index (χ0) is 25.7. The number of halogens is 1. The van der Waals surface area contributed by atoms with Gasteiger partial charge in [-0.1, -0.05) is 26.8 Å². The lowest BCUT2D eigenvalue weighted by atomic mass is 9.79. The van der Waals surface area contributed by atoms with Crippen molar-refractivity contribution in [3.8, 4) is 0 Å². The number of carbonyl (C=O) groups excluding carboxylic acids is 1. The minimum absolute atomic E-state index is 0.00997. The van der Waals surface area contributed by atoms with Crippen LogP contribution in [-0.2, 0) is 21.1 Å². The maximum Gasteiger partial charge on any atom is 0.410 e. The Kier molecular flexibility index (Phi) is 9.52. The van der Waals surface area contributed by atoms with E-state index in [1.54, 1.807) is 0 Å². The van der Waals surface area contributed by atoms with Crippen LogP contribution in [0, 0.1) is 11.2 Å². The van der Waals surface area contributed by atoms with Crippen LogP contribution < -0.4 is 10.6 Å². The van der Waals surface area contributed by atoms with Crippen molar-refractivity contribution in [3.05, 3.63) is 29.6 Å². The van der Waals surface area contributed by atoms with Crippen LogP contribution in [0.3, 0.4) is 0 Å². The van der Waals surface area contributed by atoms with Crippen LogP contribution in [0.15, 0.2) is 23.1 Å². The molecule has 0 radical (unpaired) electrons. The third-order valence-electron chi connectivity index (χ3n) is 5.96. The first-order valence-electron chi connectivity index (χ1n) is 12.0. The van der Waals surface area contributed by atoms with Crippen molar-refractivity contribution in [2.24, 2.45) is 5.41 Å². The standard InChI is InChI=1S/C25H42FN3O4S/c1-24(2,3)22-15-19(11-14-29(22)23(30)33-25(4,5)6)28-13-8-12-27-17-18-9-10-20(16-21(18)26)34(7,31)32/h9-10,16,19,22,27-28H,8,11-15,17H2,1-7H3. The van der Waals surface area contributed by atoms with Crippen molar-refractivity contribution >= 4 is 15.9 Å². The summed E-state index contributed by atoms with van der Waals surface area (Å²) in [5.41, 5.74) is -0.126. The predicted molar refractivity (Wildman–Crippen MR) is 133 cm³/mol. The summed E-state index contributed by atoms with van der Waals surface area (Å²) in [4.78, 5) is 14.6. The highest BCUT2D eigenvalue weighted by atomic mass is 32.2. The van der Waals surface area contributed by atoms with Gasteiger partial charge in [0.25, 0.3) is 0 Å². The van der Waals surface area contributed by atoms with Gasteiger partial charge in [-0.2, -0.15) is 0 Å². The summed E-state index contributed by atoms with van der Waals surface area (Å²) in [5.74, 6) is -0.515. The van der Waals surface area contributed by atoms with E-state index in [-0.39, 0.29) is 22.4 Å². The molecule has 0 spiro atoms. The van der Waals surface area contributed by atoms with Gasteiger partial charge in [0.05, 0.1) is 4.90 Å². The maximum absolute atomic E-state index is 14.2. The highest BCUT2D eigenvalue weighted by molar-refractivity contribution is 7.90. The van der Waals surface area contributed by atoms with E-state index in [2.05, 4.69) is 31.4 Å². The van der Waals surface area contributed by atoms with Crippen LogP contribution in [0.25, 0.3) is 0 Å². The molecule has 1 heterocycles. The zero-order valence-electron chi connectivity index (χ0n) is 21.7. The number of ether oxygens (including phenoxy) is 1. The van der Waals surface area contributed by atoms with Gasteiger partial charge in [-0.05, 0) is 70.7 Å². The molecule has 1 fully saturated rings. The first kappa shape index (κ1) is 28.5. The first-order chi connectivity index (χ1) is 15.6. The molecule has 1 aliphatic rings. The molecule has 0 bridgehead atoms. The van der Waals surface area contributed by atoms with E-state index in [9.17, 15) is 17.6 Å². The van der Waals surface area contributed by atoms with Crippen LogP contribution in [0.4, 0.5) is 9.18 Å². The summed E-state index contributed by atoms with van der Waals surface area (Å²) in [7, 11) is -3.41. The fourth-order valence-electron chi connectivity index (χ4n) is 4.16. The molecule has 7 nitrogen and oxygen atoms in total. The minimum Gasteiger partial charge on any atom is -0.444 e. The number of rotatable bonds is 8. The Morgan fingerprint density at radius 2 is 1.85 bits per heavy atom. The molecule has 0 aliphatic carbocycles. The minimum atomic E-state index is -3.41. The number of amides is 1. The predicted octanol–water partition coefficient (Wildman–Crippen LogP) is 4.11. The van der Waals surface area contributed by atoms with Gasteiger partial charge in [0.2, 0.25) is 0 Å². The van der Waals surface area contributed by atoms with Crippen LogP contribution in [0.5, 0.6) is 0 Å². The molecular weight excluding hydrogens is 457 g/mol. The molecule has 1 aliphatic heterocycles. The van der Waals surface area contributed by atoms with Gasteiger partial charge in [-0.25, -0.2) is 17.6 Å². The Bertz CT molecular complexity index is 938. The number of piperidine rings is 1. The van der Waals surface area contributed by atoms with Crippen molar-refractivity contribution in [1.29, 1.82) is 0 Å². The van der Waals surface area contributed by atoms with Crippen molar-refractivity contribution in [3.63, 3.8) is 0 Å². The number of carbonyl (C=O) groups is 1. The van der Waals surface area contributed by atoms with Crippen LogP contribution >= 0.6 is 0 Å². The second-order valence-electron chi connectivity index (χ2n) is 11.3. The topological polar surface area (TPSA) is 87.7 Å². The molecule has 2 unspecified atom stereocenters. The van der Waals surface area contributed by atoms with Crippen LogP contribution in [-0.4, -0.2) is 63.0 Å². The fraction of sp³-hybridized carbons (Fsp3) is 0.720. The molecule has 0 saturated carbocycles. The lowest BCUT2D eigenvalue weighted by Gasteiger charge is -2.46. The summed E-state index contributed by atoms with van der Waals surface area (Å²) in [6, 6.07) is 4.44. The number of nitrogens with zero attached hydrogens (tertiary/aromatic N) is 1. The monoisotopic (exact) mass is 499 g/mol. The van der Waals surface area contributed by atoms with Gasteiger partial charge >= 0.3 is 6.09 Å². The van der Waals surface area contributed by atoms with Gasteiger partial charge in [0, 0.05) is 37.0 Å². The highest BCUT2D eigenvalue weighted by Gasteiger charge is 2.40. The third kappa shape index (κ3) is 8.82. The average Bonchev–Trinajstić information content (AvgIpc) is 2.68. The highest BCUT2D eigenvalue weighted by Crippen LogP contribution is 2.33. The third-order valence-corrected chi connectivity index (χ3v) is 7.07. The van der Waals surface area contributed by atoms with E-state index >= 15 is 0 Å². The quantitative estimate of drug-likeness (QED) is 0.524. The van der Waals surface area contributed by atoms with Crippen molar-refractivity contribution in [1.82, 2.24) is 15.5 Å². The van der Waals surface area contributed by atoms with E-state index in [0.29, 0.717) is 31.2 Å². The summed E-state index contributed by atoms with van der Waals surface area (Å²) in [5, 5.41) is 6.82. The summed E-state index contributed by atoms with van der Waals surface area (Å²) in [6.07, 6.45) is 3.44. The molecule has 1 aromatic carbocycles. The molecule has 2 rings (SSSR count). The Morgan fingerprint density at radius 1 is 1.18 bits per heavy atom. The van der Waals surface area contributed by atoms with Gasteiger partial charge < -0.3 is 20.3 Å². The fourth-order valence-corrected chi connectivity index (χ4v) is 4.79.